The van der Waals surface area contributed by atoms with E-state index in [1.807, 2.05) is 128 Å². The molecule has 4 aliphatic heterocycles. The van der Waals surface area contributed by atoms with E-state index < -0.39 is 50.3 Å². The van der Waals surface area contributed by atoms with E-state index in [-0.39, 0.29) is 91.1 Å². The summed E-state index contributed by atoms with van der Waals surface area (Å²) in [5.41, 5.74) is -3.75. The van der Waals surface area contributed by atoms with Gasteiger partial charge < -0.3 is 56.6 Å². The number of carboxylic acids is 1. The van der Waals surface area contributed by atoms with Gasteiger partial charge in [-0.2, -0.15) is 20.3 Å². The van der Waals surface area contributed by atoms with E-state index in [0.717, 1.165) is 32.1 Å². The SMILES string of the molecule is C.CC1(C)CC(NC(=O)N(CCCCCC(=O)O)C2CC(C)(C)N(O)C(C)(C)C2)CC(C)(C)N1O.CCOC(=O)CCCCCN(C(=O)NC1CC(C)(C)N(O)C(C)(C)C1)C1CC(C)(C)N(O)C(C)(C)C1.[Na+].[OH-]. The summed E-state index contributed by atoms with van der Waals surface area (Å²) in [4.78, 5) is 53.8. The topological polar surface area (TPSA) is 252 Å². The van der Waals surface area contributed by atoms with Gasteiger partial charge in [-0.3, -0.25) is 9.59 Å². The number of hydrogen-bond acceptors (Lipinski definition) is 14. The molecule has 20 heteroatoms. The van der Waals surface area contributed by atoms with Crippen molar-refractivity contribution < 1.29 is 84.9 Å². The van der Waals surface area contributed by atoms with Crippen LogP contribution in [0.4, 0.5) is 9.59 Å². The standard InChI is InChI=1S/C27H52N4O5.C25H48N4O5.CH4.Na.H2O/c1-10-36-22(32)14-12-11-13-15-29(21-18-26(6,7)31(35)27(8,9)19-21)23(33)28-20-16-24(2,3)30(34)25(4,5)17-20;1-22(2)14-18(15-23(3,4)28(22)33)26-21(32)27(13-11-9-10-12-20(30)31)19-16-24(5,6)29(34)25(7,8)17-19;;;/h20-21,34-35H,10-19H2,1-9H3,(H,28,33);18-19,33-34H,9-17H2,1-8H3,(H,26,32)(H,30,31);1H4;;1H2/q;;;+1;/p-1. The second kappa shape index (κ2) is 27.6. The third-order valence-corrected chi connectivity index (χ3v) is 15.4. The first-order valence-electron chi connectivity index (χ1n) is 26.3. The van der Waals surface area contributed by atoms with E-state index in [1.54, 1.807) is 0 Å². The molecule has 424 valence electrons. The van der Waals surface area contributed by atoms with Gasteiger partial charge in [-0.05, 0) is 195 Å². The molecule has 0 aromatic carbocycles. The van der Waals surface area contributed by atoms with Gasteiger partial charge in [0, 0.05) is 94.4 Å². The zero-order chi connectivity index (χ0) is 53.6. The molecule has 0 bridgehead atoms. The van der Waals surface area contributed by atoms with Gasteiger partial charge in [0.2, 0.25) is 0 Å². The molecule has 0 spiro atoms. The minimum absolute atomic E-state index is 0. The van der Waals surface area contributed by atoms with Crippen LogP contribution in [0, 0.1) is 0 Å². The average Bonchev–Trinajstić information content (AvgIpc) is 3.19. The van der Waals surface area contributed by atoms with E-state index in [0.29, 0.717) is 83.9 Å². The fourth-order valence-electron chi connectivity index (χ4n) is 12.7. The summed E-state index contributed by atoms with van der Waals surface area (Å²) in [5.74, 6) is -0.972. The summed E-state index contributed by atoms with van der Waals surface area (Å²) >= 11 is 0. The predicted molar refractivity (Wildman–Crippen MR) is 280 cm³/mol. The fourth-order valence-corrected chi connectivity index (χ4v) is 12.7. The van der Waals surface area contributed by atoms with Gasteiger partial charge in [0.05, 0.1) is 6.61 Å². The summed E-state index contributed by atoms with van der Waals surface area (Å²) in [5, 5.41) is 63.9. The molecule has 0 radical (unpaired) electrons. The zero-order valence-electron chi connectivity index (χ0n) is 48.2. The number of nitrogens with zero attached hydrogens (tertiary/aromatic N) is 6. The molecule has 4 saturated heterocycles. The molecule has 0 aliphatic carbocycles. The Morgan fingerprint density at radius 1 is 0.479 bits per heavy atom. The molecule has 4 aliphatic rings. The number of nitrogens with one attached hydrogen (secondary N) is 2. The number of esters is 1. The quantitative estimate of drug-likeness (QED) is 0.0446. The van der Waals surface area contributed by atoms with Gasteiger partial charge in [0.25, 0.3) is 0 Å². The molecule has 0 saturated carbocycles. The Labute approximate surface area is 463 Å². The summed E-state index contributed by atoms with van der Waals surface area (Å²) in [6.07, 6.45) is 10.1. The Kier molecular flexibility index (Phi) is 26.9. The molecule has 0 atom stereocenters. The van der Waals surface area contributed by atoms with Crippen molar-refractivity contribution in [2.75, 3.05) is 19.7 Å². The third-order valence-electron chi connectivity index (χ3n) is 15.4. The van der Waals surface area contributed by atoms with E-state index in [2.05, 4.69) is 10.6 Å². The molecule has 4 rings (SSSR count). The number of hydrogen-bond donors (Lipinski definition) is 7. The number of urea groups is 2. The Morgan fingerprint density at radius 3 is 1.00 bits per heavy atom. The number of carbonyl (C=O) groups is 4. The van der Waals surface area contributed by atoms with E-state index in [9.17, 15) is 40.0 Å². The molecule has 19 nitrogen and oxygen atoms in total. The molecule has 0 aromatic rings. The minimum Gasteiger partial charge on any atom is -0.870 e. The van der Waals surface area contributed by atoms with Crippen molar-refractivity contribution in [2.24, 2.45) is 0 Å². The van der Waals surface area contributed by atoms with Crippen LogP contribution < -0.4 is 40.2 Å². The number of amides is 4. The average molecular weight is 1050 g/mol. The van der Waals surface area contributed by atoms with Crippen LogP contribution in [-0.4, -0.2) is 174 Å². The van der Waals surface area contributed by atoms with Crippen molar-refractivity contribution in [1.82, 2.24) is 40.7 Å². The molecule has 73 heavy (non-hydrogen) atoms. The maximum Gasteiger partial charge on any atom is 1.00 e. The Balaban J connectivity index is 0.00000137. The van der Waals surface area contributed by atoms with Gasteiger partial charge >= 0.3 is 53.6 Å². The van der Waals surface area contributed by atoms with Crippen LogP contribution in [0.1, 0.15) is 228 Å². The van der Waals surface area contributed by atoms with Crippen LogP contribution in [0.5, 0.6) is 0 Å². The monoisotopic (exact) mass is 1050 g/mol. The van der Waals surface area contributed by atoms with Gasteiger partial charge in [-0.25, -0.2) is 9.59 Å². The van der Waals surface area contributed by atoms with Gasteiger partial charge in [-0.1, -0.05) is 20.3 Å². The normalized spacial score (nSPS) is 23.7. The number of carboxylic acid groups (broad SMARTS) is 1. The van der Waals surface area contributed by atoms with Crippen LogP contribution >= 0.6 is 0 Å². The smallest absolute Gasteiger partial charge is 0.870 e. The van der Waals surface area contributed by atoms with Crippen LogP contribution in [0.15, 0.2) is 0 Å². The number of unbranched alkanes of at least 4 members (excludes halogenated alkanes) is 4. The Bertz CT molecular complexity index is 1690. The maximum atomic E-state index is 13.8. The molecule has 8 N–H and O–H groups in total. The van der Waals surface area contributed by atoms with Crippen molar-refractivity contribution in [3.05, 3.63) is 0 Å². The first-order chi connectivity index (χ1) is 31.8. The van der Waals surface area contributed by atoms with Gasteiger partial charge in [-0.15, -0.1) is 0 Å². The second-order valence-corrected chi connectivity index (χ2v) is 26.2. The number of rotatable bonds is 17. The summed E-state index contributed by atoms with van der Waals surface area (Å²) in [6, 6.07) is -0.421. The predicted octanol–water partition coefficient (Wildman–Crippen LogP) is 6.87. The number of piperidine rings is 4. The minimum atomic E-state index is -0.797. The largest absolute Gasteiger partial charge is 1.00 e. The van der Waals surface area contributed by atoms with Gasteiger partial charge in [0.1, 0.15) is 0 Å². The second-order valence-electron chi connectivity index (χ2n) is 26.2. The molecule has 4 fully saturated rings. The molecule has 0 unspecified atom stereocenters. The van der Waals surface area contributed by atoms with Crippen molar-refractivity contribution in [3.8, 4) is 0 Å². The summed E-state index contributed by atoms with van der Waals surface area (Å²) in [7, 11) is 0. The molecule has 0 aromatic heterocycles. The Morgan fingerprint density at radius 2 is 0.740 bits per heavy atom. The van der Waals surface area contributed by atoms with E-state index >= 15 is 0 Å². The Hall–Kier alpha value is -1.88. The first-order valence-corrected chi connectivity index (χ1v) is 26.3. The molecule has 4 amide bonds. The van der Waals surface area contributed by atoms with Crippen molar-refractivity contribution in [1.29, 1.82) is 0 Å². The zero-order valence-corrected chi connectivity index (χ0v) is 50.2. The number of carbonyl (C=O) groups excluding carboxylic acids is 3. The molecule has 4 heterocycles. The van der Waals surface area contributed by atoms with Crippen molar-refractivity contribution >= 4 is 24.0 Å². The maximum absolute atomic E-state index is 13.8. The van der Waals surface area contributed by atoms with E-state index in [4.69, 9.17) is 9.84 Å². The number of aliphatic carboxylic acids is 1. The molecular weight excluding hydrogens is 948 g/mol. The molecular formula is C53H105N8NaO11. The number of ether oxygens (including phenoxy) is 1. The van der Waals surface area contributed by atoms with Crippen molar-refractivity contribution in [2.45, 2.75) is 296 Å². The number of hydroxylamine groups is 8. The third kappa shape index (κ3) is 19.5. The van der Waals surface area contributed by atoms with Crippen LogP contribution in [-0.2, 0) is 14.3 Å². The summed E-state index contributed by atoms with van der Waals surface area (Å²) < 4.78 is 5.02. The van der Waals surface area contributed by atoms with Crippen molar-refractivity contribution in [3.63, 3.8) is 0 Å². The van der Waals surface area contributed by atoms with Crippen LogP contribution in [0.2, 0.25) is 0 Å². The first kappa shape index (κ1) is 71.1. The van der Waals surface area contributed by atoms with E-state index in [1.165, 1.54) is 20.3 Å². The van der Waals surface area contributed by atoms with Crippen LogP contribution in [0.25, 0.3) is 0 Å². The fraction of sp³-hybridized carbons (Fsp3) is 0.925. The summed E-state index contributed by atoms with van der Waals surface area (Å²) in [6.45, 7) is 35.3. The van der Waals surface area contributed by atoms with Gasteiger partial charge in [0.15, 0.2) is 0 Å². The van der Waals surface area contributed by atoms with Crippen LogP contribution in [0.3, 0.4) is 0 Å².